The lowest BCUT2D eigenvalue weighted by atomic mass is 9.82. The first-order chi connectivity index (χ1) is 9.70. The molecule has 1 aliphatic heterocycles. The number of hydrogen-bond donors (Lipinski definition) is 1. The standard InChI is InChI=1S/C16H24FNO2/c1-3-18-15(12-13-5-4-6-14(17)11-13)16(19-2)7-9-20-10-8-16/h4-6,11,15,18H,3,7-10,12H2,1-2H3. The summed E-state index contributed by atoms with van der Waals surface area (Å²) in [5.41, 5.74) is 0.777. The SMILES string of the molecule is CCNC(Cc1cccc(F)c1)C1(OC)CCOCC1. The number of hydrogen-bond acceptors (Lipinski definition) is 3. The predicted octanol–water partition coefficient (Wildman–Crippen LogP) is 2.54. The zero-order chi connectivity index (χ0) is 14.4. The van der Waals surface area contributed by atoms with Crippen LogP contribution >= 0.6 is 0 Å². The monoisotopic (exact) mass is 281 g/mol. The van der Waals surface area contributed by atoms with Crippen molar-refractivity contribution >= 4 is 0 Å². The van der Waals surface area contributed by atoms with Crippen LogP contribution in [0.25, 0.3) is 0 Å². The largest absolute Gasteiger partial charge is 0.381 e. The Morgan fingerprint density at radius 3 is 2.75 bits per heavy atom. The molecule has 0 saturated carbocycles. The fraction of sp³-hybridized carbons (Fsp3) is 0.625. The number of methoxy groups -OCH3 is 1. The number of benzene rings is 1. The Hall–Kier alpha value is -0.970. The molecule has 0 amide bonds. The minimum absolute atomic E-state index is 0.170. The van der Waals surface area contributed by atoms with Gasteiger partial charge in [-0.25, -0.2) is 4.39 Å². The van der Waals surface area contributed by atoms with Crippen LogP contribution in [-0.2, 0) is 15.9 Å². The Morgan fingerprint density at radius 2 is 2.15 bits per heavy atom. The molecule has 1 aromatic carbocycles. The van der Waals surface area contributed by atoms with E-state index in [9.17, 15) is 4.39 Å². The zero-order valence-corrected chi connectivity index (χ0v) is 12.3. The molecule has 20 heavy (non-hydrogen) atoms. The highest BCUT2D eigenvalue weighted by atomic mass is 19.1. The average Bonchev–Trinajstić information content (AvgIpc) is 2.47. The van der Waals surface area contributed by atoms with Crippen molar-refractivity contribution in [2.24, 2.45) is 0 Å². The lowest BCUT2D eigenvalue weighted by Gasteiger charge is -2.42. The Labute approximate surface area is 120 Å². The van der Waals surface area contributed by atoms with Crippen LogP contribution in [0.2, 0.25) is 0 Å². The van der Waals surface area contributed by atoms with Gasteiger partial charge in [0.1, 0.15) is 5.82 Å². The van der Waals surface area contributed by atoms with Gasteiger partial charge in [-0.2, -0.15) is 0 Å². The molecular weight excluding hydrogens is 257 g/mol. The van der Waals surface area contributed by atoms with Crippen LogP contribution in [0.15, 0.2) is 24.3 Å². The van der Waals surface area contributed by atoms with Crippen LogP contribution in [0.3, 0.4) is 0 Å². The van der Waals surface area contributed by atoms with Crippen molar-refractivity contribution in [1.82, 2.24) is 5.32 Å². The Balaban J connectivity index is 2.16. The Bertz CT molecular complexity index is 419. The van der Waals surface area contributed by atoms with Crippen molar-refractivity contribution in [3.05, 3.63) is 35.6 Å². The second kappa shape index (κ2) is 7.16. The van der Waals surface area contributed by atoms with Crippen LogP contribution in [0.1, 0.15) is 25.3 Å². The maximum absolute atomic E-state index is 13.4. The van der Waals surface area contributed by atoms with E-state index < -0.39 is 0 Å². The minimum atomic E-state index is -0.222. The van der Waals surface area contributed by atoms with Crippen LogP contribution < -0.4 is 5.32 Å². The van der Waals surface area contributed by atoms with Gasteiger partial charge in [0.25, 0.3) is 0 Å². The molecule has 1 heterocycles. The lowest BCUT2D eigenvalue weighted by molar-refractivity contribution is -0.110. The van der Waals surface area contributed by atoms with Crippen molar-refractivity contribution in [1.29, 1.82) is 0 Å². The molecule has 1 fully saturated rings. The van der Waals surface area contributed by atoms with Crippen LogP contribution in [-0.4, -0.2) is 38.5 Å². The van der Waals surface area contributed by atoms with Crippen molar-refractivity contribution in [3.8, 4) is 0 Å². The number of likely N-dealkylation sites (N-methyl/N-ethyl adjacent to an activating group) is 1. The van der Waals surface area contributed by atoms with E-state index in [0.29, 0.717) is 0 Å². The third-order valence-corrected chi connectivity index (χ3v) is 4.16. The fourth-order valence-electron chi connectivity index (χ4n) is 3.00. The summed E-state index contributed by atoms with van der Waals surface area (Å²) in [5.74, 6) is -0.184. The van der Waals surface area contributed by atoms with E-state index in [-0.39, 0.29) is 17.5 Å². The summed E-state index contributed by atoms with van der Waals surface area (Å²) in [6, 6.07) is 6.98. The molecule has 0 aromatic heterocycles. The van der Waals surface area contributed by atoms with Crippen LogP contribution in [0.4, 0.5) is 4.39 Å². The van der Waals surface area contributed by atoms with Gasteiger partial charge in [-0.3, -0.25) is 0 Å². The van der Waals surface area contributed by atoms with Gasteiger partial charge in [0.15, 0.2) is 0 Å². The van der Waals surface area contributed by atoms with Crippen molar-refractivity contribution in [3.63, 3.8) is 0 Å². The average molecular weight is 281 g/mol. The maximum Gasteiger partial charge on any atom is 0.123 e. The molecule has 3 nitrogen and oxygen atoms in total. The van der Waals surface area contributed by atoms with Gasteiger partial charge >= 0.3 is 0 Å². The molecule has 0 spiro atoms. The van der Waals surface area contributed by atoms with Gasteiger partial charge in [0, 0.05) is 39.2 Å². The van der Waals surface area contributed by atoms with Crippen molar-refractivity contribution in [2.45, 2.75) is 37.8 Å². The topological polar surface area (TPSA) is 30.5 Å². The molecule has 0 radical (unpaired) electrons. The van der Waals surface area contributed by atoms with Crippen LogP contribution in [0, 0.1) is 5.82 Å². The van der Waals surface area contributed by atoms with E-state index in [1.165, 1.54) is 6.07 Å². The first-order valence-electron chi connectivity index (χ1n) is 7.31. The van der Waals surface area contributed by atoms with E-state index in [4.69, 9.17) is 9.47 Å². The number of rotatable bonds is 6. The van der Waals surface area contributed by atoms with Crippen molar-refractivity contribution < 1.29 is 13.9 Å². The predicted molar refractivity (Wildman–Crippen MR) is 77.4 cm³/mol. The molecule has 1 unspecified atom stereocenters. The molecular formula is C16H24FNO2. The highest BCUT2D eigenvalue weighted by Crippen LogP contribution is 2.30. The fourth-order valence-corrected chi connectivity index (χ4v) is 3.00. The number of halogens is 1. The summed E-state index contributed by atoms with van der Waals surface area (Å²) in [6.45, 7) is 4.39. The summed E-state index contributed by atoms with van der Waals surface area (Å²) in [4.78, 5) is 0. The normalized spacial score (nSPS) is 19.8. The van der Waals surface area contributed by atoms with Gasteiger partial charge in [-0.1, -0.05) is 19.1 Å². The second-order valence-electron chi connectivity index (χ2n) is 5.33. The minimum Gasteiger partial charge on any atom is -0.381 e. The van der Waals surface area contributed by atoms with E-state index in [1.54, 1.807) is 19.2 Å². The first kappa shape index (κ1) is 15.4. The van der Waals surface area contributed by atoms with E-state index >= 15 is 0 Å². The van der Waals surface area contributed by atoms with E-state index in [1.807, 2.05) is 6.07 Å². The molecule has 1 N–H and O–H groups in total. The second-order valence-corrected chi connectivity index (χ2v) is 5.33. The molecule has 1 saturated heterocycles. The summed E-state index contributed by atoms with van der Waals surface area (Å²) >= 11 is 0. The zero-order valence-electron chi connectivity index (χ0n) is 12.3. The summed E-state index contributed by atoms with van der Waals surface area (Å²) < 4.78 is 24.7. The lowest BCUT2D eigenvalue weighted by Crippen LogP contribution is -2.56. The molecule has 1 aliphatic rings. The molecule has 4 heteroatoms. The van der Waals surface area contributed by atoms with Gasteiger partial charge in [-0.15, -0.1) is 0 Å². The highest BCUT2D eigenvalue weighted by Gasteiger charge is 2.40. The Morgan fingerprint density at radius 1 is 1.40 bits per heavy atom. The third kappa shape index (κ3) is 3.57. The molecule has 0 bridgehead atoms. The van der Waals surface area contributed by atoms with Gasteiger partial charge in [-0.05, 0) is 30.7 Å². The highest BCUT2D eigenvalue weighted by molar-refractivity contribution is 5.19. The molecule has 0 aliphatic carbocycles. The Kier molecular flexibility index (Phi) is 5.52. The van der Waals surface area contributed by atoms with Crippen LogP contribution in [0.5, 0.6) is 0 Å². The van der Waals surface area contributed by atoms with Gasteiger partial charge < -0.3 is 14.8 Å². The maximum atomic E-state index is 13.4. The van der Waals surface area contributed by atoms with Gasteiger partial charge in [0.05, 0.1) is 5.60 Å². The van der Waals surface area contributed by atoms with Gasteiger partial charge in [0.2, 0.25) is 0 Å². The first-order valence-corrected chi connectivity index (χ1v) is 7.31. The van der Waals surface area contributed by atoms with E-state index in [2.05, 4.69) is 12.2 Å². The summed E-state index contributed by atoms with van der Waals surface area (Å²) in [5, 5.41) is 3.51. The van der Waals surface area contributed by atoms with E-state index in [0.717, 1.165) is 44.6 Å². The summed E-state index contributed by atoms with van der Waals surface area (Å²) in [7, 11) is 1.77. The molecule has 1 aromatic rings. The number of ether oxygens (including phenoxy) is 2. The smallest absolute Gasteiger partial charge is 0.123 e. The molecule has 2 rings (SSSR count). The third-order valence-electron chi connectivity index (χ3n) is 4.16. The molecule has 112 valence electrons. The number of nitrogens with one attached hydrogen (secondary N) is 1. The summed E-state index contributed by atoms with van der Waals surface area (Å²) in [6.07, 6.45) is 2.51. The quantitative estimate of drug-likeness (QED) is 0.869. The van der Waals surface area contributed by atoms with Crippen molar-refractivity contribution in [2.75, 3.05) is 26.9 Å². The molecule has 1 atom stereocenters.